The molecule has 0 radical (unpaired) electrons. The standard InChI is InChI=1S/C23H26F5N4O6P/c1-11-5-16(30-17-14(11)6-13(36-10-23(26,27)28)7-15(17)21(2,3)4)18-31-32-20(37-18)29-12-8-22(9-12,19(24)25)38-39(33,34)35/h5-7,12,19H,8-10H2,1-4H3,(H,29,32)(H2,33,34,35). The summed E-state index contributed by atoms with van der Waals surface area (Å²) < 4.78 is 91.0. The number of halogens is 5. The summed E-state index contributed by atoms with van der Waals surface area (Å²) >= 11 is 0. The molecular formula is C23H26F5N4O6P. The highest BCUT2D eigenvalue weighted by molar-refractivity contribution is 7.46. The Hall–Kier alpha value is -2.87. The van der Waals surface area contributed by atoms with E-state index >= 15 is 0 Å². The van der Waals surface area contributed by atoms with Gasteiger partial charge in [-0.15, -0.1) is 5.10 Å². The quantitative estimate of drug-likeness (QED) is 0.231. The van der Waals surface area contributed by atoms with Gasteiger partial charge in [0.05, 0.1) is 5.52 Å². The third-order valence-corrected chi connectivity index (χ3v) is 6.76. The van der Waals surface area contributed by atoms with Crippen molar-refractivity contribution in [1.82, 2.24) is 15.2 Å². The number of rotatable bonds is 8. The first-order chi connectivity index (χ1) is 17.9. The van der Waals surface area contributed by atoms with Crippen molar-refractivity contribution in [2.24, 2.45) is 0 Å². The molecule has 10 nitrogen and oxygen atoms in total. The van der Waals surface area contributed by atoms with Gasteiger partial charge in [0.2, 0.25) is 0 Å². The summed E-state index contributed by atoms with van der Waals surface area (Å²) in [7, 11) is -5.13. The number of hydrogen-bond donors (Lipinski definition) is 3. The lowest BCUT2D eigenvalue weighted by Gasteiger charge is -2.45. The predicted molar refractivity (Wildman–Crippen MR) is 129 cm³/mol. The van der Waals surface area contributed by atoms with Crippen molar-refractivity contribution in [3.8, 4) is 17.3 Å². The first kappa shape index (κ1) is 29.1. The van der Waals surface area contributed by atoms with Crippen LogP contribution in [0.4, 0.5) is 28.0 Å². The van der Waals surface area contributed by atoms with Crippen LogP contribution in [0, 0.1) is 6.92 Å². The maximum Gasteiger partial charge on any atom is 0.470 e. The molecule has 1 aliphatic rings. The molecule has 0 aliphatic heterocycles. The number of alkyl halides is 5. The van der Waals surface area contributed by atoms with Gasteiger partial charge in [0.15, 0.2) is 6.61 Å². The first-order valence-corrected chi connectivity index (χ1v) is 13.2. The zero-order chi connectivity index (χ0) is 29.0. The van der Waals surface area contributed by atoms with Crippen LogP contribution in [-0.4, -0.2) is 55.8 Å². The Morgan fingerprint density at radius 1 is 1.18 bits per heavy atom. The fourth-order valence-electron chi connectivity index (χ4n) is 4.36. The van der Waals surface area contributed by atoms with E-state index in [1.807, 2.05) is 20.8 Å². The molecule has 1 aliphatic carbocycles. The van der Waals surface area contributed by atoms with Gasteiger partial charge in [0.1, 0.15) is 17.0 Å². The van der Waals surface area contributed by atoms with Crippen LogP contribution < -0.4 is 10.1 Å². The van der Waals surface area contributed by atoms with Gasteiger partial charge >= 0.3 is 20.0 Å². The lowest BCUT2D eigenvalue weighted by atomic mass is 9.76. The van der Waals surface area contributed by atoms with Crippen molar-refractivity contribution in [3.05, 3.63) is 29.3 Å². The number of aromatic nitrogens is 3. The fraction of sp³-hybridized carbons (Fsp3) is 0.522. The van der Waals surface area contributed by atoms with Gasteiger partial charge < -0.3 is 24.3 Å². The number of aryl methyl sites for hydroxylation is 1. The molecule has 1 aromatic carbocycles. The molecule has 214 valence electrons. The van der Waals surface area contributed by atoms with Crippen LogP contribution in [0.3, 0.4) is 0 Å². The number of anilines is 1. The summed E-state index contributed by atoms with van der Waals surface area (Å²) in [5.74, 6) is 0.0421. The minimum absolute atomic E-state index is 0.00864. The topological polar surface area (TPSA) is 140 Å². The second-order valence-electron chi connectivity index (χ2n) is 10.5. The monoisotopic (exact) mass is 580 g/mol. The number of phosphoric ester groups is 1. The van der Waals surface area contributed by atoms with E-state index in [0.29, 0.717) is 22.0 Å². The van der Waals surface area contributed by atoms with Gasteiger partial charge in [-0.2, -0.15) is 13.2 Å². The third kappa shape index (κ3) is 6.65. The van der Waals surface area contributed by atoms with Crippen molar-refractivity contribution in [2.45, 2.75) is 70.2 Å². The summed E-state index contributed by atoms with van der Waals surface area (Å²) in [6.45, 7) is 5.93. The van der Waals surface area contributed by atoms with E-state index in [0.717, 1.165) is 0 Å². The number of ether oxygens (including phenoxy) is 1. The van der Waals surface area contributed by atoms with Gasteiger partial charge in [0, 0.05) is 24.3 Å². The second-order valence-corrected chi connectivity index (χ2v) is 11.6. The van der Waals surface area contributed by atoms with Gasteiger partial charge in [-0.3, -0.25) is 4.52 Å². The molecule has 0 amide bonds. The van der Waals surface area contributed by atoms with Crippen molar-refractivity contribution in [1.29, 1.82) is 0 Å². The maximum atomic E-state index is 13.4. The van der Waals surface area contributed by atoms with E-state index in [1.54, 1.807) is 13.0 Å². The van der Waals surface area contributed by atoms with Crippen molar-refractivity contribution in [2.75, 3.05) is 11.9 Å². The molecule has 3 N–H and O–H groups in total. The number of fused-ring (bicyclic) bond motifs is 1. The highest BCUT2D eigenvalue weighted by atomic mass is 31.2. The molecule has 3 aromatic rings. The minimum Gasteiger partial charge on any atom is -0.484 e. The number of phosphoric acid groups is 1. The van der Waals surface area contributed by atoms with Crippen LogP contribution in [0.25, 0.3) is 22.5 Å². The Labute approximate surface area is 219 Å². The number of nitrogens with zero attached hydrogens (tertiary/aromatic N) is 3. The Morgan fingerprint density at radius 3 is 2.41 bits per heavy atom. The van der Waals surface area contributed by atoms with Gasteiger partial charge in [-0.1, -0.05) is 25.9 Å². The van der Waals surface area contributed by atoms with Crippen LogP contribution in [0.2, 0.25) is 0 Å². The molecule has 4 rings (SSSR count). The largest absolute Gasteiger partial charge is 0.484 e. The Kier molecular flexibility index (Phi) is 7.43. The van der Waals surface area contributed by atoms with E-state index in [4.69, 9.17) is 18.9 Å². The van der Waals surface area contributed by atoms with Crippen molar-refractivity contribution in [3.63, 3.8) is 0 Å². The summed E-state index contributed by atoms with van der Waals surface area (Å²) in [5, 5.41) is 11.1. The average molecular weight is 580 g/mol. The molecule has 16 heteroatoms. The smallest absolute Gasteiger partial charge is 0.470 e. The highest BCUT2D eigenvalue weighted by Gasteiger charge is 2.56. The first-order valence-electron chi connectivity index (χ1n) is 11.7. The Bertz CT molecular complexity index is 1410. The molecule has 2 aromatic heterocycles. The molecule has 39 heavy (non-hydrogen) atoms. The van der Waals surface area contributed by atoms with Gasteiger partial charge in [-0.25, -0.2) is 18.3 Å². The summed E-state index contributed by atoms with van der Waals surface area (Å²) in [4.78, 5) is 22.5. The SMILES string of the molecule is Cc1cc(-c2nnc(NC3CC(OP(=O)(O)O)(C(F)F)C3)o2)nc2c(C(C)(C)C)cc(OCC(F)(F)F)cc12. The maximum absolute atomic E-state index is 13.4. The zero-order valence-corrected chi connectivity index (χ0v) is 22.1. The van der Waals surface area contributed by atoms with Gasteiger partial charge in [0.25, 0.3) is 12.3 Å². The number of benzene rings is 1. The molecule has 0 atom stereocenters. The summed E-state index contributed by atoms with van der Waals surface area (Å²) in [6.07, 6.45) is -8.43. The number of pyridine rings is 1. The predicted octanol–water partition coefficient (Wildman–Crippen LogP) is 5.52. The van der Waals surface area contributed by atoms with Crippen LogP contribution >= 0.6 is 7.82 Å². The zero-order valence-electron chi connectivity index (χ0n) is 21.2. The fourth-order valence-corrected chi connectivity index (χ4v) is 5.06. The average Bonchev–Trinajstić information content (AvgIpc) is 3.22. The third-order valence-electron chi connectivity index (χ3n) is 6.16. The Balaban J connectivity index is 1.59. The van der Waals surface area contributed by atoms with E-state index in [-0.39, 0.29) is 23.3 Å². The van der Waals surface area contributed by atoms with Crippen LogP contribution in [0.1, 0.15) is 44.7 Å². The minimum atomic E-state index is -5.13. The van der Waals surface area contributed by atoms with Crippen molar-refractivity contribution < 1.29 is 50.0 Å². The molecule has 0 saturated heterocycles. The van der Waals surface area contributed by atoms with E-state index in [9.17, 15) is 26.5 Å². The molecule has 0 spiro atoms. The van der Waals surface area contributed by atoms with E-state index < -0.39 is 56.9 Å². The van der Waals surface area contributed by atoms with Gasteiger partial charge in [-0.05, 0) is 41.7 Å². The number of nitrogens with one attached hydrogen (secondary N) is 1. The normalized spacial score (nSPS) is 20.4. The second kappa shape index (κ2) is 9.95. The molecule has 2 heterocycles. The molecule has 1 saturated carbocycles. The highest BCUT2D eigenvalue weighted by Crippen LogP contribution is 2.52. The molecule has 0 unspecified atom stereocenters. The van der Waals surface area contributed by atoms with Crippen molar-refractivity contribution >= 4 is 24.7 Å². The van der Waals surface area contributed by atoms with E-state index in [2.05, 4.69) is 25.0 Å². The Morgan fingerprint density at radius 2 is 1.85 bits per heavy atom. The van der Waals surface area contributed by atoms with Crippen LogP contribution in [0.5, 0.6) is 5.75 Å². The summed E-state index contributed by atoms with van der Waals surface area (Å²) in [5.41, 5.74) is -0.756. The molecule has 0 bridgehead atoms. The lowest BCUT2D eigenvalue weighted by Crippen LogP contribution is -2.56. The molecular weight excluding hydrogens is 554 g/mol. The summed E-state index contributed by atoms with van der Waals surface area (Å²) in [6, 6.07) is 3.80. The van der Waals surface area contributed by atoms with Crippen LogP contribution in [-0.2, 0) is 14.5 Å². The van der Waals surface area contributed by atoms with E-state index in [1.165, 1.54) is 12.1 Å². The molecule has 1 fully saturated rings. The lowest BCUT2D eigenvalue weighted by molar-refractivity contribution is -0.153. The van der Waals surface area contributed by atoms with Crippen LogP contribution in [0.15, 0.2) is 22.6 Å². The number of hydrogen-bond acceptors (Lipinski definition) is 8.